The van der Waals surface area contributed by atoms with Crippen molar-refractivity contribution in [3.8, 4) is 0 Å². The van der Waals surface area contributed by atoms with Crippen molar-refractivity contribution in [3.05, 3.63) is 0 Å². The van der Waals surface area contributed by atoms with Crippen LogP contribution in [0.2, 0.25) is 0 Å². The highest BCUT2D eigenvalue weighted by Gasteiger charge is 2.09. The highest BCUT2D eigenvalue weighted by atomic mass is 127. The minimum Gasteiger partial charge on any atom is -0.370 e. The SMILES string of the molecule is CN=C(N)N1CCNCC1.I. The monoisotopic (exact) mass is 270 g/mol. The molecule has 4 nitrogen and oxygen atoms in total. The van der Waals surface area contributed by atoms with E-state index in [1.54, 1.807) is 7.05 Å². The number of nitrogens with one attached hydrogen (secondary N) is 1. The molecule has 0 unspecified atom stereocenters. The summed E-state index contributed by atoms with van der Waals surface area (Å²) < 4.78 is 0. The lowest BCUT2D eigenvalue weighted by atomic mass is 10.4. The van der Waals surface area contributed by atoms with Crippen LogP contribution in [0, 0.1) is 0 Å². The number of hydrogen-bond acceptors (Lipinski definition) is 2. The van der Waals surface area contributed by atoms with Gasteiger partial charge in [-0.25, -0.2) is 0 Å². The number of guanidine groups is 1. The Morgan fingerprint density at radius 1 is 1.45 bits per heavy atom. The Labute approximate surface area is 84.2 Å². The van der Waals surface area contributed by atoms with Gasteiger partial charge in [0.2, 0.25) is 0 Å². The molecule has 11 heavy (non-hydrogen) atoms. The Morgan fingerprint density at radius 3 is 2.45 bits per heavy atom. The van der Waals surface area contributed by atoms with Crippen LogP contribution in [0.3, 0.4) is 0 Å². The minimum absolute atomic E-state index is 0. The topological polar surface area (TPSA) is 53.6 Å². The van der Waals surface area contributed by atoms with Crippen LogP contribution >= 0.6 is 24.0 Å². The lowest BCUT2D eigenvalue weighted by Crippen LogP contribution is -2.49. The molecule has 0 aromatic carbocycles. The van der Waals surface area contributed by atoms with E-state index in [1.165, 1.54) is 0 Å². The van der Waals surface area contributed by atoms with Crippen molar-refractivity contribution in [2.45, 2.75) is 0 Å². The van der Waals surface area contributed by atoms with Crippen LogP contribution in [0.1, 0.15) is 0 Å². The third kappa shape index (κ3) is 3.24. The summed E-state index contributed by atoms with van der Waals surface area (Å²) >= 11 is 0. The molecule has 0 radical (unpaired) electrons. The molecular weight excluding hydrogens is 255 g/mol. The van der Waals surface area contributed by atoms with Crippen LogP contribution in [0.15, 0.2) is 4.99 Å². The number of rotatable bonds is 0. The molecule has 66 valence electrons. The molecule has 0 bridgehead atoms. The molecule has 5 heteroatoms. The third-order valence-electron chi connectivity index (χ3n) is 1.67. The average molecular weight is 270 g/mol. The summed E-state index contributed by atoms with van der Waals surface area (Å²) in [4.78, 5) is 5.98. The number of hydrogen-bond donors (Lipinski definition) is 2. The molecule has 1 fully saturated rings. The summed E-state index contributed by atoms with van der Waals surface area (Å²) in [5.41, 5.74) is 5.60. The minimum atomic E-state index is 0. The first-order valence-corrected chi connectivity index (χ1v) is 3.52. The van der Waals surface area contributed by atoms with E-state index in [2.05, 4.69) is 15.2 Å². The van der Waals surface area contributed by atoms with E-state index in [1.807, 2.05) is 0 Å². The van der Waals surface area contributed by atoms with Crippen LogP contribution in [0.4, 0.5) is 0 Å². The zero-order valence-corrected chi connectivity index (χ0v) is 9.04. The maximum Gasteiger partial charge on any atom is 0.191 e. The van der Waals surface area contributed by atoms with Crippen molar-refractivity contribution in [1.29, 1.82) is 0 Å². The Balaban J connectivity index is 0.000001000. The summed E-state index contributed by atoms with van der Waals surface area (Å²) in [7, 11) is 1.72. The maximum absolute atomic E-state index is 5.60. The highest BCUT2D eigenvalue weighted by molar-refractivity contribution is 14.0. The van der Waals surface area contributed by atoms with Gasteiger partial charge in [-0.05, 0) is 0 Å². The van der Waals surface area contributed by atoms with Crippen LogP contribution in [0.25, 0.3) is 0 Å². The number of nitrogens with zero attached hydrogens (tertiary/aromatic N) is 2. The second-order valence-electron chi connectivity index (χ2n) is 2.32. The molecular formula is C6H15IN4. The van der Waals surface area contributed by atoms with Gasteiger partial charge in [-0.3, -0.25) is 4.99 Å². The van der Waals surface area contributed by atoms with Crippen molar-refractivity contribution in [1.82, 2.24) is 10.2 Å². The van der Waals surface area contributed by atoms with Gasteiger partial charge in [-0.1, -0.05) is 0 Å². The van der Waals surface area contributed by atoms with Gasteiger partial charge < -0.3 is 16.0 Å². The molecule has 0 amide bonds. The normalized spacial score (nSPS) is 19.4. The summed E-state index contributed by atoms with van der Waals surface area (Å²) in [5, 5.41) is 3.24. The first kappa shape index (κ1) is 11.0. The Morgan fingerprint density at radius 2 is 2.00 bits per heavy atom. The fraction of sp³-hybridized carbons (Fsp3) is 0.833. The molecule has 0 spiro atoms. The van der Waals surface area contributed by atoms with Crippen LogP contribution in [-0.2, 0) is 0 Å². The molecule has 3 N–H and O–H groups in total. The molecule has 0 atom stereocenters. The van der Waals surface area contributed by atoms with E-state index < -0.39 is 0 Å². The van der Waals surface area contributed by atoms with Crippen LogP contribution < -0.4 is 11.1 Å². The second kappa shape index (κ2) is 5.59. The molecule has 0 aliphatic carbocycles. The smallest absolute Gasteiger partial charge is 0.191 e. The summed E-state index contributed by atoms with van der Waals surface area (Å²) in [6.07, 6.45) is 0. The lowest BCUT2D eigenvalue weighted by molar-refractivity contribution is 0.354. The first-order valence-electron chi connectivity index (χ1n) is 3.52. The predicted octanol–water partition coefficient (Wildman–Crippen LogP) is -0.546. The van der Waals surface area contributed by atoms with Gasteiger partial charge in [0.05, 0.1) is 0 Å². The van der Waals surface area contributed by atoms with Crippen molar-refractivity contribution in [3.63, 3.8) is 0 Å². The van der Waals surface area contributed by atoms with E-state index in [0.29, 0.717) is 5.96 Å². The molecule has 0 aromatic rings. The van der Waals surface area contributed by atoms with E-state index in [0.717, 1.165) is 26.2 Å². The number of halogens is 1. The van der Waals surface area contributed by atoms with Gasteiger partial charge in [0.1, 0.15) is 0 Å². The second-order valence-corrected chi connectivity index (χ2v) is 2.32. The van der Waals surface area contributed by atoms with Crippen LogP contribution in [-0.4, -0.2) is 44.1 Å². The van der Waals surface area contributed by atoms with Gasteiger partial charge in [0.25, 0.3) is 0 Å². The van der Waals surface area contributed by atoms with Gasteiger partial charge in [-0.15, -0.1) is 24.0 Å². The Kier molecular flexibility index (Phi) is 5.57. The molecule has 1 aliphatic heterocycles. The summed E-state index contributed by atoms with van der Waals surface area (Å²) in [5.74, 6) is 0.654. The quantitative estimate of drug-likeness (QED) is 0.353. The number of nitrogens with two attached hydrogens (primary N) is 1. The van der Waals surface area contributed by atoms with Gasteiger partial charge in [0, 0.05) is 33.2 Å². The highest BCUT2D eigenvalue weighted by Crippen LogP contribution is 1.89. The molecule has 1 aliphatic rings. The number of piperazine rings is 1. The van der Waals surface area contributed by atoms with E-state index in [4.69, 9.17) is 5.73 Å². The third-order valence-corrected chi connectivity index (χ3v) is 1.67. The van der Waals surface area contributed by atoms with Gasteiger partial charge in [-0.2, -0.15) is 0 Å². The van der Waals surface area contributed by atoms with Crippen LogP contribution in [0.5, 0.6) is 0 Å². The average Bonchev–Trinajstić information content (AvgIpc) is 2.05. The molecule has 1 rings (SSSR count). The van der Waals surface area contributed by atoms with Crippen molar-refractivity contribution in [2.24, 2.45) is 10.7 Å². The lowest BCUT2D eigenvalue weighted by Gasteiger charge is -2.27. The Bertz CT molecular complexity index is 131. The summed E-state index contributed by atoms with van der Waals surface area (Å²) in [6.45, 7) is 3.97. The zero-order valence-electron chi connectivity index (χ0n) is 6.71. The van der Waals surface area contributed by atoms with Gasteiger partial charge >= 0.3 is 0 Å². The van der Waals surface area contributed by atoms with Crippen molar-refractivity contribution < 1.29 is 0 Å². The summed E-state index contributed by atoms with van der Waals surface area (Å²) in [6, 6.07) is 0. The molecule has 1 saturated heterocycles. The van der Waals surface area contributed by atoms with E-state index in [-0.39, 0.29) is 24.0 Å². The maximum atomic E-state index is 5.60. The van der Waals surface area contributed by atoms with E-state index >= 15 is 0 Å². The van der Waals surface area contributed by atoms with Crippen molar-refractivity contribution >= 4 is 29.9 Å². The molecule has 1 heterocycles. The van der Waals surface area contributed by atoms with Crippen molar-refractivity contribution in [2.75, 3.05) is 33.2 Å². The fourth-order valence-corrected chi connectivity index (χ4v) is 1.04. The largest absolute Gasteiger partial charge is 0.370 e. The fourth-order valence-electron chi connectivity index (χ4n) is 1.04. The zero-order chi connectivity index (χ0) is 7.40. The Hall–Kier alpha value is -0.0400. The standard InChI is InChI=1S/C6H14N4.HI/c1-8-6(7)10-4-2-9-3-5-10;/h9H,2-5H2,1H3,(H2,7,8);1H. The van der Waals surface area contributed by atoms with Gasteiger partial charge in [0.15, 0.2) is 5.96 Å². The molecule has 0 saturated carbocycles. The first-order chi connectivity index (χ1) is 4.84. The predicted molar refractivity (Wildman–Crippen MR) is 57.4 cm³/mol. The molecule has 0 aromatic heterocycles. The number of aliphatic imine (C=N–C) groups is 1. The van der Waals surface area contributed by atoms with E-state index in [9.17, 15) is 0 Å².